The van der Waals surface area contributed by atoms with E-state index in [2.05, 4.69) is 34.3 Å². The van der Waals surface area contributed by atoms with Gasteiger partial charge in [-0.3, -0.25) is 13.9 Å². The quantitative estimate of drug-likeness (QED) is 0.415. The fourth-order valence-electron chi connectivity index (χ4n) is 4.72. The van der Waals surface area contributed by atoms with E-state index in [4.69, 9.17) is 9.15 Å². The molecule has 0 radical (unpaired) electrons. The van der Waals surface area contributed by atoms with Gasteiger partial charge in [0.2, 0.25) is 0 Å². The molecule has 7 nitrogen and oxygen atoms in total. The van der Waals surface area contributed by atoms with Crippen LogP contribution in [0.15, 0.2) is 54.9 Å². The zero-order valence-electron chi connectivity index (χ0n) is 18.6. The first-order valence-corrected chi connectivity index (χ1v) is 11.2. The monoisotopic (exact) mass is 497 g/mol. The summed E-state index contributed by atoms with van der Waals surface area (Å²) in [5.41, 5.74) is 1.76. The van der Waals surface area contributed by atoms with Crippen LogP contribution in [0.2, 0.25) is 0 Å². The fraction of sp³-hybridized carbons (Fsp3) is 0.333. The lowest BCUT2D eigenvalue weighted by Crippen LogP contribution is -2.40. The van der Waals surface area contributed by atoms with Gasteiger partial charge in [-0.2, -0.15) is 0 Å². The summed E-state index contributed by atoms with van der Waals surface area (Å²) in [7, 11) is 3.21. The smallest absolute Gasteiger partial charge is 0.331 e. The van der Waals surface area contributed by atoms with Crippen LogP contribution in [-0.2, 0) is 24.4 Å². The molecule has 5 rings (SSSR count). The molecular weight excluding hydrogens is 474 g/mol. The number of aryl methyl sites for hydroxylation is 2. The van der Waals surface area contributed by atoms with Gasteiger partial charge in [-0.1, -0.05) is 34.1 Å². The second-order valence-electron chi connectivity index (χ2n) is 8.93. The summed E-state index contributed by atoms with van der Waals surface area (Å²) in [5.74, 6) is 1.41. The normalized spacial score (nSPS) is 17.6. The van der Waals surface area contributed by atoms with Gasteiger partial charge in [-0.05, 0) is 39.0 Å². The lowest BCUT2D eigenvalue weighted by Gasteiger charge is -2.38. The lowest BCUT2D eigenvalue weighted by molar-refractivity contribution is -0.0166. The molecule has 4 heterocycles. The molecule has 0 aliphatic carbocycles. The third-order valence-electron chi connectivity index (χ3n) is 6.21. The third-order valence-corrected chi connectivity index (χ3v) is 6.91. The minimum atomic E-state index is -0.548. The molecule has 4 aromatic rings. The molecule has 1 atom stereocenters. The van der Waals surface area contributed by atoms with Gasteiger partial charge in [-0.15, -0.1) is 0 Å². The van der Waals surface area contributed by atoms with E-state index in [0.29, 0.717) is 23.3 Å². The van der Waals surface area contributed by atoms with Gasteiger partial charge in [0.15, 0.2) is 6.10 Å². The van der Waals surface area contributed by atoms with Crippen molar-refractivity contribution in [3.05, 3.63) is 78.9 Å². The first-order valence-electron chi connectivity index (χ1n) is 10.4. The molecule has 0 spiro atoms. The minimum absolute atomic E-state index is 0.332. The maximum atomic E-state index is 13.5. The van der Waals surface area contributed by atoms with Crippen LogP contribution in [-0.4, -0.2) is 20.3 Å². The van der Waals surface area contributed by atoms with Gasteiger partial charge in [-0.25, -0.2) is 4.79 Å². The van der Waals surface area contributed by atoms with Gasteiger partial charge in [0, 0.05) is 24.1 Å². The van der Waals surface area contributed by atoms with E-state index >= 15 is 0 Å². The minimum Gasteiger partial charge on any atom is -0.463 e. The van der Waals surface area contributed by atoms with Gasteiger partial charge < -0.3 is 13.7 Å². The number of hydrogen-bond acceptors (Lipinski definition) is 4. The van der Waals surface area contributed by atoms with Crippen LogP contribution in [0.4, 0.5) is 0 Å². The maximum Gasteiger partial charge on any atom is 0.331 e. The molecule has 1 aliphatic rings. The Morgan fingerprint density at radius 2 is 1.78 bits per heavy atom. The van der Waals surface area contributed by atoms with E-state index in [1.54, 1.807) is 7.05 Å². The zero-order valence-corrected chi connectivity index (χ0v) is 20.2. The summed E-state index contributed by atoms with van der Waals surface area (Å²) in [5, 5.41) is 0.489. The predicted octanol–water partition coefficient (Wildman–Crippen LogP) is 4.22. The molecule has 32 heavy (non-hydrogen) atoms. The molecule has 1 aromatic carbocycles. The van der Waals surface area contributed by atoms with Crippen molar-refractivity contribution in [3.8, 4) is 11.3 Å². The van der Waals surface area contributed by atoms with Crippen molar-refractivity contribution in [1.29, 1.82) is 0 Å². The lowest BCUT2D eigenvalue weighted by atomic mass is 10.0. The Bertz CT molecular complexity index is 1500. The summed E-state index contributed by atoms with van der Waals surface area (Å²) in [6, 6.07) is 11.6. The van der Waals surface area contributed by atoms with Crippen LogP contribution in [0, 0.1) is 6.92 Å². The number of halogens is 1. The molecule has 0 saturated carbocycles. The number of fused-ring (bicyclic) bond motifs is 3. The Hall–Kier alpha value is -2.84. The standard InChI is InChI=1S/C24H24BrN3O4/c1-13-10-11-16(32-13)21-20-19-17(22(29)27(5)23(30)26(19)4)18(14-8-6-7-9-15(14)25)28(20)24(2,3)12-31-21/h6-11,21H,12H2,1-5H3. The summed E-state index contributed by atoms with van der Waals surface area (Å²) in [4.78, 5) is 26.5. The Morgan fingerprint density at radius 1 is 1.06 bits per heavy atom. The molecule has 3 aromatic heterocycles. The SMILES string of the molecule is Cc1ccc(C2OCC(C)(C)n3c(-c4ccccc4Br)c4c(=O)n(C)c(=O)n(C)c4c32)o1. The van der Waals surface area contributed by atoms with E-state index in [9.17, 15) is 9.59 Å². The highest BCUT2D eigenvalue weighted by molar-refractivity contribution is 9.10. The molecule has 0 fully saturated rings. The Labute approximate surface area is 193 Å². The number of ether oxygens (including phenoxy) is 1. The van der Waals surface area contributed by atoms with Crippen molar-refractivity contribution in [2.24, 2.45) is 14.1 Å². The number of furan rings is 1. The van der Waals surface area contributed by atoms with Crippen molar-refractivity contribution in [2.45, 2.75) is 32.4 Å². The number of aromatic nitrogens is 3. The Kier molecular flexibility index (Phi) is 4.65. The average Bonchev–Trinajstić information content (AvgIpc) is 3.34. The number of hydrogen-bond donors (Lipinski definition) is 0. The zero-order chi connectivity index (χ0) is 22.9. The van der Waals surface area contributed by atoms with Gasteiger partial charge >= 0.3 is 5.69 Å². The van der Waals surface area contributed by atoms with Crippen molar-refractivity contribution >= 4 is 26.8 Å². The molecular formula is C24H24BrN3O4. The van der Waals surface area contributed by atoms with Crippen molar-refractivity contribution < 1.29 is 9.15 Å². The second kappa shape index (κ2) is 7.08. The highest BCUT2D eigenvalue weighted by atomic mass is 79.9. The summed E-state index contributed by atoms with van der Waals surface area (Å²) in [6.07, 6.45) is -0.548. The van der Waals surface area contributed by atoms with Crippen molar-refractivity contribution in [2.75, 3.05) is 6.61 Å². The van der Waals surface area contributed by atoms with Crippen LogP contribution in [0.3, 0.4) is 0 Å². The van der Waals surface area contributed by atoms with E-state index in [1.165, 1.54) is 11.6 Å². The predicted molar refractivity (Wildman–Crippen MR) is 126 cm³/mol. The fourth-order valence-corrected chi connectivity index (χ4v) is 5.19. The first kappa shape index (κ1) is 21.0. The largest absolute Gasteiger partial charge is 0.463 e. The van der Waals surface area contributed by atoms with Crippen molar-refractivity contribution in [3.63, 3.8) is 0 Å². The van der Waals surface area contributed by atoms with E-state index < -0.39 is 11.6 Å². The molecule has 0 bridgehead atoms. The average molecular weight is 498 g/mol. The number of benzene rings is 1. The topological polar surface area (TPSA) is 71.3 Å². The molecule has 0 N–H and O–H groups in total. The summed E-state index contributed by atoms with van der Waals surface area (Å²) >= 11 is 3.67. The molecule has 8 heteroatoms. The summed E-state index contributed by atoms with van der Waals surface area (Å²) in [6.45, 7) is 6.44. The van der Waals surface area contributed by atoms with Crippen LogP contribution in [0.5, 0.6) is 0 Å². The molecule has 166 valence electrons. The summed E-state index contributed by atoms with van der Waals surface area (Å²) < 4.78 is 18.0. The van der Waals surface area contributed by atoms with Gasteiger partial charge in [0.1, 0.15) is 11.5 Å². The van der Waals surface area contributed by atoms with E-state index in [-0.39, 0.29) is 11.2 Å². The molecule has 0 amide bonds. The van der Waals surface area contributed by atoms with Crippen LogP contribution in [0.25, 0.3) is 22.2 Å². The van der Waals surface area contributed by atoms with Crippen molar-refractivity contribution in [1.82, 2.24) is 13.7 Å². The van der Waals surface area contributed by atoms with Crippen LogP contribution >= 0.6 is 15.9 Å². The van der Waals surface area contributed by atoms with Gasteiger partial charge in [0.05, 0.1) is 34.4 Å². The molecule has 1 aliphatic heterocycles. The molecule has 1 unspecified atom stereocenters. The first-order chi connectivity index (χ1) is 15.1. The number of nitrogens with zero attached hydrogens (tertiary/aromatic N) is 3. The third kappa shape index (κ3) is 2.82. The van der Waals surface area contributed by atoms with Gasteiger partial charge in [0.25, 0.3) is 5.56 Å². The Balaban J connectivity index is 2.05. The molecule has 0 saturated heterocycles. The second-order valence-corrected chi connectivity index (χ2v) is 9.78. The maximum absolute atomic E-state index is 13.5. The Morgan fingerprint density at radius 3 is 2.44 bits per heavy atom. The van der Waals surface area contributed by atoms with E-state index in [0.717, 1.165) is 31.8 Å². The van der Waals surface area contributed by atoms with E-state index in [1.807, 2.05) is 43.3 Å². The highest BCUT2D eigenvalue weighted by Gasteiger charge is 2.41. The van der Waals surface area contributed by atoms with Crippen LogP contribution < -0.4 is 11.2 Å². The number of rotatable bonds is 2. The highest BCUT2D eigenvalue weighted by Crippen LogP contribution is 2.46. The van der Waals surface area contributed by atoms with Crippen LogP contribution in [0.1, 0.15) is 37.2 Å².